The fourth-order valence-electron chi connectivity index (χ4n) is 3.36. The lowest BCUT2D eigenvalue weighted by Gasteiger charge is -2.18. The van der Waals surface area contributed by atoms with Gasteiger partial charge >= 0.3 is 0 Å². The third kappa shape index (κ3) is 6.19. The molecule has 0 saturated carbocycles. The van der Waals surface area contributed by atoms with Gasteiger partial charge in [0.15, 0.2) is 22.5 Å². The number of nitrogens with zero attached hydrogens (tertiary/aromatic N) is 3. The molecule has 0 aliphatic carbocycles. The van der Waals surface area contributed by atoms with Gasteiger partial charge in [0.05, 0.1) is 18.9 Å². The molecule has 33 heavy (non-hydrogen) atoms. The van der Waals surface area contributed by atoms with E-state index in [9.17, 15) is 4.79 Å². The summed E-state index contributed by atoms with van der Waals surface area (Å²) in [7, 11) is 1.65. The number of amides is 1. The molecule has 1 N–H and O–H groups in total. The van der Waals surface area contributed by atoms with Gasteiger partial charge in [-0.2, -0.15) is 0 Å². The number of thioether (sulfide) groups is 1. The second-order valence-electron chi connectivity index (χ2n) is 7.32. The Hall–Kier alpha value is -2.75. The van der Waals surface area contributed by atoms with E-state index in [1.807, 2.05) is 47.0 Å². The highest BCUT2D eigenvalue weighted by atomic mass is 35.5. The van der Waals surface area contributed by atoms with E-state index in [0.717, 1.165) is 22.6 Å². The molecule has 4 rings (SSSR count). The van der Waals surface area contributed by atoms with Crippen molar-refractivity contribution in [3.05, 3.63) is 53.1 Å². The Morgan fingerprint density at radius 3 is 2.73 bits per heavy atom. The standard InChI is InChI=1S/C23H25ClN4O4S/c1-30-11-10-28-22(17-3-5-18(24)6-4-17)26-27-23(28)33-15-21(29)25-9-8-16-2-7-19-20(14-16)32-13-12-31-19/h2-7,14H,8-13,15H2,1H3,(H,25,29). The minimum Gasteiger partial charge on any atom is -0.486 e. The number of ether oxygens (including phenoxy) is 3. The minimum absolute atomic E-state index is 0.0631. The summed E-state index contributed by atoms with van der Waals surface area (Å²) in [6.07, 6.45) is 0.706. The molecule has 0 atom stereocenters. The number of carbonyl (C=O) groups excluding carboxylic acids is 1. The van der Waals surface area contributed by atoms with Crippen molar-refractivity contribution in [1.29, 1.82) is 0 Å². The van der Waals surface area contributed by atoms with Crippen LogP contribution in [-0.4, -0.2) is 59.9 Å². The molecule has 0 bridgehead atoms. The van der Waals surface area contributed by atoms with Gasteiger partial charge in [0.25, 0.3) is 0 Å². The van der Waals surface area contributed by atoms with Gasteiger partial charge in [-0.3, -0.25) is 9.36 Å². The number of carbonyl (C=O) groups is 1. The van der Waals surface area contributed by atoms with E-state index in [1.165, 1.54) is 11.8 Å². The van der Waals surface area contributed by atoms with Crippen molar-refractivity contribution in [2.75, 3.05) is 39.2 Å². The number of halogens is 1. The normalized spacial score (nSPS) is 12.5. The molecular formula is C23H25ClN4O4S. The summed E-state index contributed by atoms with van der Waals surface area (Å²) >= 11 is 7.35. The van der Waals surface area contributed by atoms with Crippen LogP contribution in [0.3, 0.4) is 0 Å². The Morgan fingerprint density at radius 2 is 1.94 bits per heavy atom. The van der Waals surface area contributed by atoms with Gasteiger partial charge in [-0.1, -0.05) is 29.4 Å². The number of aromatic nitrogens is 3. The van der Waals surface area contributed by atoms with Crippen LogP contribution < -0.4 is 14.8 Å². The van der Waals surface area contributed by atoms with Crippen molar-refractivity contribution in [3.8, 4) is 22.9 Å². The molecule has 0 unspecified atom stereocenters. The molecule has 1 aliphatic rings. The van der Waals surface area contributed by atoms with E-state index in [-0.39, 0.29) is 11.7 Å². The fourth-order valence-corrected chi connectivity index (χ4v) is 4.28. The van der Waals surface area contributed by atoms with Crippen molar-refractivity contribution >= 4 is 29.3 Å². The van der Waals surface area contributed by atoms with Gasteiger partial charge in [-0.15, -0.1) is 10.2 Å². The minimum atomic E-state index is -0.0631. The number of fused-ring (bicyclic) bond motifs is 1. The van der Waals surface area contributed by atoms with Crippen molar-refractivity contribution in [1.82, 2.24) is 20.1 Å². The Labute approximate surface area is 201 Å². The molecule has 1 aliphatic heterocycles. The first kappa shape index (κ1) is 23.4. The van der Waals surface area contributed by atoms with Crippen molar-refractivity contribution < 1.29 is 19.0 Å². The summed E-state index contributed by atoms with van der Waals surface area (Å²) in [6, 6.07) is 13.3. The zero-order valence-electron chi connectivity index (χ0n) is 18.3. The molecule has 1 aromatic heterocycles. The summed E-state index contributed by atoms with van der Waals surface area (Å²) < 4.78 is 18.3. The van der Waals surface area contributed by atoms with E-state index >= 15 is 0 Å². The topological polar surface area (TPSA) is 87.5 Å². The third-order valence-electron chi connectivity index (χ3n) is 5.01. The lowest BCUT2D eigenvalue weighted by Crippen LogP contribution is -2.27. The Balaban J connectivity index is 1.31. The molecule has 2 heterocycles. The maximum Gasteiger partial charge on any atom is 0.230 e. The number of rotatable bonds is 10. The molecule has 0 radical (unpaired) electrons. The molecule has 1 amide bonds. The van der Waals surface area contributed by atoms with Gasteiger partial charge in [0.2, 0.25) is 5.91 Å². The fraction of sp³-hybridized carbons (Fsp3) is 0.348. The SMILES string of the molecule is COCCn1c(SCC(=O)NCCc2ccc3c(c2)OCCO3)nnc1-c1ccc(Cl)cc1. The maximum atomic E-state index is 12.4. The number of hydrogen-bond donors (Lipinski definition) is 1. The van der Waals surface area contributed by atoms with Crippen LogP contribution in [-0.2, 0) is 22.5 Å². The summed E-state index contributed by atoms with van der Waals surface area (Å²) in [5, 5.41) is 12.9. The van der Waals surface area contributed by atoms with Gasteiger partial charge in [-0.25, -0.2) is 0 Å². The molecule has 10 heteroatoms. The number of methoxy groups -OCH3 is 1. The summed E-state index contributed by atoms with van der Waals surface area (Å²) in [4.78, 5) is 12.4. The van der Waals surface area contributed by atoms with E-state index in [2.05, 4.69) is 15.5 Å². The molecule has 0 saturated heterocycles. The van der Waals surface area contributed by atoms with Crippen LogP contribution >= 0.6 is 23.4 Å². The van der Waals surface area contributed by atoms with Crippen LogP contribution in [0, 0.1) is 0 Å². The number of benzene rings is 2. The Morgan fingerprint density at radius 1 is 1.15 bits per heavy atom. The van der Waals surface area contributed by atoms with Gasteiger partial charge in [-0.05, 0) is 48.4 Å². The zero-order chi connectivity index (χ0) is 23.0. The van der Waals surface area contributed by atoms with Crippen molar-refractivity contribution in [2.24, 2.45) is 0 Å². The van der Waals surface area contributed by atoms with E-state index in [1.54, 1.807) is 7.11 Å². The smallest absolute Gasteiger partial charge is 0.230 e. The first-order valence-corrected chi connectivity index (χ1v) is 12.0. The molecule has 3 aromatic rings. The first-order chi connectivity index (χ1) is 16.1. The van der Waals surface area contributed by atoms with Gasteiger partial charge < -0.3 is 19.5 Å². The second kappa shape index (κ2) is 11.4. The van der Waals surface area contributed by atoms with Crippen molar-refractivity contribution in [3.63, 3.8) is 0 Å². The van der Waals surface area contributed by atoms with Gasteiger partial charge in [0.1, 0.15) is 13.2 Å². The van der Waals surface area contributed by atoms with E-state index in [4.69, 9.17) is 25.8 Å². The Bertz CT molecular complexity index is 1090. The number of hydrogen-bond acceptors (Lipinski definition) is 7. The summed E-state index contributed by atoms with van der Waals surface area (Å²) in [5.74, 6) is 2.41. The lowest BCUT2D eigenvalue weighted by atomic mass is 10.1. The van der Waals surface area contributed by atoms with E-state index < -0.39 is 0 Å². The third-order valence-corrected chi connectivity index (χ3v) is 6.23. The molecule has 2 aromatic carbocycles. The van der Waals surface area contributed by atoms with Crippen LogP contribution in [0.5, 0.6) is 11.5 Å². The quantitative estimate of drug-likeness (QED) is 0.437. The van der Waals surface area contributed by atoms with Crippen LogP contribution in [0.4, 0.5) is 0 Å². The van der Waals surface area contributed by atoms with E-state index in [0.29, 0.717) is 55.3 Å². The average molecular weight is 489 g/mol. The highest BCUT2D eigenvalue weighted by Crippen LogP contribution is 2.31. The monoisotopic (exact) mass is 488 g/mol. The average Bonchev–Trinajstić information content (AvgIpc) is 3.24. The Kier molecular flexibility index (Phi) is 8.09. The lowest BCUT2D eigenvalue weighted by molar-refractivity contribution is -0.118. The summed E-state index contributed by atoms with van der Waals surface area (Å²) in [6.45, 7) is 2.74. The predicted molar refractivity (Wildman–Crippen MR) is 127 cm³/mol. The number of nitrogens with one attached hydrogen (secondary N) is 1. The van der Waals surface area contributed by atoms with Crippen LogP contribution in [0.1, 0.15) is 5.56 Å². The van der Waals surface area contributed by atoms with Crippen LogP contribution in [0.25, 0.3) is 11.4 Å². The second-order valence-corrected chi connectivity index (χ2v) is 8.70. The molecule has 174 valence electrons. The summed E-state index contributed by atoms with van der Waals surface area (Å²) in [5.41, 5.74) is 1.98. The van der Waals surface area contributed by atoms with Gasteiger partial charge in [0, 0.05) is 24.2 Å². The highest BCUT2D eigenvalue weighted by molar-refractivity contribution is 7.99. The molecule has 0 fully saturated rings. The first-order valence-electron chi connectivity index (χ1n) is 10.6. The zero-order valence-corrected chi connectivity index (χ0v) is 19.8. The highest BCUT2D eigenvalue weighted by Gasteiger charge is 2.16. The van der Waals surface area contributed by atoms with Crippen LogP contribution in [0.2, 0.25) is 5.02 Å². The predicted octanol–water partition coefficient (Wildman–Crippen LogP) is 3.47. The van der Waals surface area contributed by atoms with Crippen molar-refractivity contribution in [2.45, 2.75) is 18.1 Å². The van der Waals surface area contributed by atoms with Crippen LogP contribution in [0.15, 0.2) is 47.6 Å². The molecule has 8 nitrogen and oxygen atoms in total. The molecular weight excluding hydrogens is 464 g/mol. The maximum absolute atomic E-state index is 12.4. The largest absolute Gasteiger partial charge is 0.486 e. The molecule has 0 spiro atoms.